The van der Waals surface area contributed by atoms with Gasteiger partial charge >= 0.3 is 12.2 Å². The largest absolute Gasteiger partial charge is 0.460 e. The van der Waals surface area contributed by atoms with Crippen molar-refractivity contribution in [2.45, 2.75) is 26.4 Å². The predicted molar refractivity (Wildman–Crippen MR) is 117 cm³/mol. The molecule has 0 spiro atoms. The smallest absolute Gasteiger partial charge is 0.416 e. The van der Waals surface area contributed by atoms with Gasteiger partial charge in [0.15, 0.2) is 5.82 Å². The van der Waals surface area contributed by atoms with E-state index in [9.17, 15) is 18.0 Å². The number of hydrogen-bond acceptors (Lipinski definition) is 5. The summed E-state index contributed by atoms with van der Waals surface area (Å²) in [5, 5.41) is 7.12. The highest BCUT2D eigenvalue weighted by atomic mass is 19.4. The van der Waals surface area contributed by atoms with Gasteiger partial charge in [0.25, 0.3) is 0 Å². The van der Waals surface area contributed by atoms with Crippen molar-refractivity contribution in [2.24, 2.45) is 5.92 Å². The zero-order chi connectivity index (χ0) is 24.0. The number of nitrogens with one attached hydrogen (secondary N) is 1. The Morgan fingerprint density at radius 2 is 1.85 bits per heavy atom. The average Bonchev–Trinajstić information content (AvgIpc) is 3.17. The van der Waals surface area contributed by atoms with Crippen LogP contribution < -0.4 is 10.1 Å². The van der Waals surface area contributed by atoms with Crippen LogP contribution in [-0.2, 0) is 15.7 Å². The highest BCUT2D eigenvalue weighted by Gasteiger charge is 2.31. The molecule has 7 nitrogen and oxygen atoms in total. The lowest BCUT2D eigenvalue weighted by molar-refractivity contribution is -0.137. The van der Waals surface area contributed by atoms with Gasteiger partial charge < -0.3 is 14.8 Å². The van der Waals surface area contributed by atoms with Crippen LogP contribution in [0.4, 0.5) is 18.9 Å². The van der Waals surface area contributed by atoms with Crippen LogP contribution in [0, 0.1) is 5.92 Å². The number of hydrogen-bond donors (Lipinski definition) is 1. The molecule has 0 bridgehead atoms. The molecule has 0 saturated carbocycles. The predicted octanol–water partition coefficient (Wildman–Crippen LogP) is 4.96. The summed E-state index contributed by atoms with van der Waals surface area (Å²) in [7, 11) is 1.52. The molecule has 0 radical (unpaired) electrons. The van der Waals surface area contributed by atoms with E-state index in [2.05, 4.69) is 15.4 Å². The number of carbonyl (C=O) groups is 1. The first-order valence-corrected chi connectivity index (χ1v) is 10.3. The number of rotatable bonds is 9. The summed E-state index contributed by atoms with van der Waals surface area (Å²) in [6, 6.07) is 11.6. The second kappa shape index (κ2) is 10.5. The number of amides is 1. The molecule has 1 amide bonds. The van der Waals surface area contributed by atoms with Gasteiger partial charge in [-0.05, 0) is 42.3 Å². The van der Waals surface area contributed by atoms with Crippen molar-refractivity contribution in [3.05, 3.63) is 54.1 Å². The maximum atomic E-state index is 13.2. The first-order valence-electron chi connectivity index (χ1n) is 10.3. The molecule has 3 rings (SSSR count). The Kier molecular flexibility index (Phi) is 7.70. The van der Waals surface area contributed by atoms with Crippen LogP contribution in [0.1, 0.15) is 25.8 Å². The van der Waals surface area contributed by atoms with Crippen molar-refractivity contribution in [3.63, 3.8) is 0 Å². The van der Waals surface area contributed by atoms with Crippen LogP contribution in [-0.4, -0.2) is 41.0 Å². The molecular weight excluding hydrogens is 437 g/mol. The fourth-order valence-corrected chi connectivity index (χ4v) is 3.04. The molecule has 0 aliphatic rings. The van der Waals surface area contributed by atoms with E-state index in [0.29, 0.717) is 24.4 Å². The molecule has 0 unspecified atom stereocenters. The topological polar surface area (TPSA) is 78.3 Å². The molecule has 1 heterocycles. The van der Waals surface area contributed by atoms with E-state index in [0.717, 1.165) is 12.1 Å². The fraction of sp³-hybridized carbons (Fsp3) is 0.348. The lowest BCUT2D eigenvalue weighted by Gasteiger charge is -2.11. The summed E-state index contributed by atoms with van der Waals surface area (Å²) in [5.41, 5.74) is 0.577. The number of carbonyl (C=O) groups excluding carboxylic acids is 1. The van der Waals surface area contributed by atoms with Gasteiger partial charge in [0.2, 0.25) is 5.91 Å². The normalized spacial score (nSPS) is 11.6. The standard InChI is InChI=1S/C23H25F3N4O3/c1-15(2)13-20(31)27-18-7-9-19(10-8-18)30-21(28-22(29-30)33-12-11-32-3)16-5-4-6-17(14-16)23(24,25)26/h4-10,14-15H,11-13H2,1-3H3,(H,27,31). The molecule has 1 aromatic heterocycles. The molecular formula is C23H25F3N4O3. The van der Waals surface area contributed by atoms with E-state index in [-0.39, 0.29) is 35.8 Å². The molecule has 0 saturated heterocycles. The minimum absolute atomic E-state index is 0.00812. The van der Waals surface area contributed by atoms with Crippen molar-refractivity contribution in [3.8, 4) is 23.1 Å². The highest BCUT2D eigenvalue weighted by molar-refractivity contribution is 5.90. The van der Waals surface area contributed by atoms with Crippen molar-refractivity contribution in [1.29, 1.82) is 0 Å². The summed E-state index contributed by atoms with van der Waals surface area (Å²) >= 11 is 0. The van der Waals surface area contributed by atoms with Crippen molar-refractivity contribution >= 4 is 11.6 Å². The fourth-order valence-electron chi connectivity index (χ4n) is 3.04. The Labute approximate surface area is 189 Å². The van der Waals surface area contributed by atoms with E-state index < -0.39 is 11.7 Å². The van der Waals surface area contributed by atoms with Crippen LogP contribution in [0.25, 0.3) is 17.1 Å². The van der Waals surface area contributed by atoms with Gasteiger partial charge in [-0.3, -0.25) is 4.79 Å². The second-order valence-corrected chi connectivity index (χ2v) is 7.74. The van der Waals surface area contributed by atoms with Gasteiger partial charge in [-0.2, -0.15) is 18.2 Å². The third-order valence-corrected chi connectivity index (χ3v) is 4.54. The number of methoxy groups -OCH3 is 1. The lowest BCUT2D eigenvalue weighted by atomic mass is 10.1. The Morgan fingerprint density at radius 3 is 2.48 bits per heavy atom. The van der Waals surface area contributed by atoms with E-state index in [1.165, 1.54) is 23.9 Å². The van der Waals surface area contributed by atoms with Crippen LogP contribution in [0.5, 0.6) is 6.01 Å². The molecule has 0 aliphatic carbocycles. The molecule has 0 aliphatic heterocycles. The quantitative estimate of drug-likeness (QED) is 0.455. The summed E-state index contributed by atoms with van der Waals surface area (Å²) in [5.74, 6) is 0.313. The van der Waals surface area contributed by atoms with Crippen molar-refractivity contribution in [2.75, 3.05) is 25.6 Å². The zero-order valence-electron chi connectivity index (χ0n) is 18.5. The van der Waals surface area contributed by atoms with Gasteiger partial charge in [-0.15, -0.1) is 5.10 Å². The van der Waals surface area contributed by atoms with Gasteiger partial charge in [-0.25, -0.2) is 4.68 Å². The number of benzene rings is 2. The highest BCUT2D eigenvalue weighted by Crippen LogP contribution is 2.33. The summed E-state index contributed by atoms with van der Waals surface area (Å²) < 4.78 is 51.5. The SMILES string of the molecule is COCCOc1nc(-c2cccc(C(F)(F)F)c2)n(-c2ccc(NC(=O)CC(C)C)cc2)n1. The van der Waals surface area contributed by atoms with E-state index in [1.54, 1.807) is 24.3 Å². The molecule has 2 aromatic carbocycles. The zero-order valence-corrected chi connectivity index (χ0v) is 18.5. The molecule has 3 aromatic rings. The maximum Gasteiger partial charge on any atom is 0.416 e. The Bertz CT molecular complexity index is 1080. The molecule has 1 N–H and O–H groups in total. The molecule has 10 heteroatoms. The Balaban J connectivity index is 1.94. The van der Waals surface area contributed by atoms with Crippen LogP contribution in [0.2, 0.25) is 0 Å². The molecule has 33 heavy (non-hydrogen) atoms. The summed E-state index contributed by atoms with van der Waals surface area (Å²) in [6.45, 7) is 4.39. The third-order valence-electron chi connectivity index (χ3n) is 4.54. The van der Waals surface area contributed by atoms with E-state index in [1.807, 2.05) is 13.8 Å². The number of halogens is 3. The third kappa shape index (κ3) is 6.55. The Hall–Kier alpha value is -3.40. The maximum absolute atomic E-state index is 13.2. The monoisotopic (exact) mass is 462 g/mol. The van der Waals surface area contributed by atoms with Gasteiger partial charge in [0, 0.05) is 24.8 Å². The van der Waals surface area contributed by atoms with Gasteiger partial charge in [-0.1, -0.05) is 26.0 Å². The minimum Gasteiger partial charge on any atom is -0.460 e. The Morgan fingerprint density at radius 1 is 1.12 bits per heavy atom. The van der Waals surface area contributed by atoms with Crippen LogP contribution in [0.15, 0.2) is 48.5 Å². The van der Waals surface area contributed by atoms with Gasteiger partial charge in [0.1, 0.15) is 6.61 Å². The first kappa shape index (κ1) is 24.2. The van der Waals surface area contributed by atoms with Crippen molar-refractivity contribution in [1.82, 2.24) is 14.8 Å². The van der Waals surface area contributed by atoms with E-state index in [4.69, 9.17) is 9.47 Å². The first-order chi connectivity index (χ1) is 15.7. The second-order valence-electron chi connectivity index (χ2n) is 7.74. The molecule has 0 atom stereocenters. The lowest BCUT2D eigenvalue weighted by Crippen LogP contribution is -2.13. The number of aromatic nitrogens is 3. The number of ether oxygens (including phenoxy) is 2. The average molecular weight is 462 g/mol. The van der Waals surface area contributed by atoms with E-state index >= 15 is 0 Å². The number of nitrogens with zero attached hydrogens (tertiary/aromatic N) is 3. The molecule has 0 fully saturated rings. The number of alkyl halides is 3. The van der Waals surface area contributed by atoms with Crippen LogP contribution in [0.3, 0.4) is 0 Å². The minimum atomic E-state index is -4.49. The van der Waals surface area contributed by atoms with Gasteiger partial charge in [0.05, 0.1) is 17.9 Å². The summed E-state index contributed by atoms with van der Waals surface area (Å²) in [6.07, 6.45) is -4.10. The van der Waals surface area contributed by atoms with Crippen molar-refractivity contribution < 1.29 is 27.4 Å². The van der Waals surface area contributed by atoms with Crippen LogP contribution >= 0.6 is 0 Å². The number of anilines is 1. The summed E-state index contributed by atoms with van der Waals surface area (Å²) in [4.78, 5) is 16.3. The molecule has 176 valence electrons.